The average Bonchev–Trinajstić information content (AvgIpc) is 2.88. The lowest BCUT2D eigenvalue weighted by Gasteiger charge is -2.40. The zero-order valence-corrected chi connectivity index (χ0v) is 16.3. The van der Waals surface area contributed by atoms with Crippen LogP contribution in [0.3, 0.4) is 0 Å². The molecular formula is C20H28N4O3. The maximum Gasteiger partial charge on any atom is 0.262 e. The highest BCUT2D eigenvalue weighted by Gasteiger charge is 2.36. The molecule has 0 saturated carbocycles. The van der Waals surface area contributed by atoms with Crippen LogP contribution < -0.4 is 5.32 Å². The Bertz CT molecular complexity index is 691. The van der Waals surface area contributed by atoms with Crippen LogP contribution in [-0.4, -0.2) is 84.8 Å². The molecule has 7 heteroatoms. The Hall–Kier alpha value is -2.25. The van der Waals surface area contributed by atoms with Crippen LogP contribution in [0.5, 0.6) is 0 Å². The van der Waals surface area contributed by atoms with E-state index in [1.165, 1.54) is 0 Å². The van der Waals surface area contributed by atoms with Crippen molar-refractivity contribution in [2.45, 2.75) is 19.9 Å². The zero-order chi connectivity index (χ0) is 19.6. The van der Waals surface area contributed by atoms with E-state index in [-0.39, 0.29) is 18.5 Å². The van der Waals surface area contributed by atoms with E-state index in [9.17, 15) is 14.4 Å². The third-order valence-electron chi connectivity index (χ3n) is 5.46. The maximum absolute atomic E-state index is 12.4. The number of piperazine rings is 1. The topological polar surface area (TPSA) is 73.0 Å². The van der Waals surface area contributed by atoms with Gasteiger partial charge in [-0.1, -0.05) is 26.0 Å². The molecule has 0 spiro atoms. The molecule has 3 amide bonds. The molecule has 7 nitrogen and oxygen atoms in total. The van der Waals surface area contributed by atoms with Gasteiger partial charge in [-0.2, -0.15) is 0 Å². The van der Waals surface area contributed by atoms with Crippen LogP contribution in [0.15, 0.2) is 24.3 Å². The maximum atomic E-state index is 12.4. The molecule has 0 radical (unpaired) electrons. The van der Waals surface area contributed by atoms with Gasteiger partial charge in [-0.05, 0) is 25.1 Å². The number of fused-ring (bicyclic) bond motifs is 1. The van der Waals surface area contributed by atoms with Gasteiger partial charge in [0.1, 0.15) is 6.54 Å². The first-order chi connectivity index (χ1) is 12.9. The van der Waals surface area contributed by atoms with Gasteiger partial charge in [0.15, 0.2) is 0 Å². The Kier molecular flexibility index (Phi) is 5.92. The molecule has 146 valence electrons. The fourth-order valence-electron chi connectivity index (χ4n) is 3.74. The molecule has 1 unspecified atom stereocenters. The molecule has 27 heavy (non-hydrogen) atoms. The van der Waals surface area contributed by atoms with Crippen LogP contribution in [-0.2, 0) is 4.79 Å². The van der Waals surface area contributed by atoms with Gasteiger partial charge in [-0.15, -0.1) is 0 Å². The van der Waals surface area contributed by atoms with E-state index < -0.39 is 11.8 Å². The largest absolute Gasteiger partial charge is 0.353 e. The number of amides is 3. The highest BCUT2D eigenvalue weighted by molar-refractivity contribution is 6.22. The smallest absolute Gasteiger partial charge is 0.262 e. The van der Waals surface area contributed by atoms with E-state index in [1.807, 2.05) is 0 Å². The summed E-state index contributed by atoms with van der Waals surface area (Å²) in [6.45, 7) is 8.58. The fraction of sp³-hybridized carbons (Fsp3) is 0.550. The normalized spacial score (nSPS) is 19.5. The molecule has 0 bridgehead atoms. The number of rotatable bonds is 6. The molecule has 2 aliphatic heterocycles. The third kappa shape index (κ3) is 4.20. The van der Waals surface area contributed by atoms with Gasteiger partial charge in [-0.3, -0.25) is 24.2 Å². The molecule has 0 aromatic heterocycles. The van der Waals surface area contributed by atoms with E-state index in [4.69, 9.17) is 0 Å². The van der Waals surface area contributed by atoms with Crippen LogP contribution in [0.2, 0.25) is 0 Å². The van der Waals surface area contributed by atoms with E-state index in [2.05, 4.69) is 36.0 Å². The minimum absolute atomic E-state index is 0.236. The Morgan fingerprint density at radius 2 is 1.59 bits per heavy atom. The van der Waals surface area contributed by atoms with Gasteiger partial charge < -0.3 is 10.2 Å². The number of imide groups is 1. The standard InChI is InChI=1S/C20H28N4O3/c1-14(2)17(23-10-8-22(3)9-11-23)12-21-18(25)13-24-19(26)15-6-4-5-7-16(15)20(24)27/h4-7,14,17H,8-13H2,1-3H3,(H,21,25). The summed E-state index contributed by atoms with van der Waals surface area (Å²) in [5.41, 5.74) is 0.737. The van der Waals surface area contributed by atoms with Crippen molar-refractivity contribution < 1.29 is 14.4 Å². The Morgan fingerprint density at radius 1 is 1.04 bits per heavy atom. The summed E-state index contributed by atoms with van der Waals surface area (Å²) in [6.07, 6.45) is 0. The SMILES string of the molecule is CC(C)C(CNC(=O)CN1C(=O)c2ccccc2C1=O)N1CCN(C)CC1. The minimum atomic E-state index is -0.398. The summed E-state index contributed by atoms with van der Waals surface area (Å²) >= 11 is 0. The van der Waals surface area contributed by atoms with Crippen LogP contribution in [0, 0.1) is 5.92 Å². The molecule has 3 rings (SSSR count). The second-order valence-corrected chi connectivity index (χ2v) is 7.70. The minimum Gasteiger partial charge on any atom is -0.353 e. The molecule has 1 saturated heterocycles. The third-order valence-corrected chi connectivity index (χ3v) is 5.46. The molecule has 2 heterocycles. The molecule has 1 N–H and O–H groups in total. The monoisotopic (exact) mass is 372 g/mol. The highest BCUT2D eigenvalue weighted by atomic mass is 16.2. The quantitative estimate of drug-likeness (QED) is 0.743. The molecule has 2 aliphatic rings. The van der Waals surface area contributed by atoms with E-state index >= 15 is 0 Å². The second-order valence-electron chi connectivity index (χ2n) is 7.70. The van der Waals surface area contributed by atoms with E-state index in [0.717, 1.165) is 31.1 Å². The summed E-state index contributed by atoms with van der Waals surface area (Å²) in [5, 5.41) is 2.93. The summed E-state index contributed by atoms with van der Waals surface area (Å²) in [6, 6.07) is 6.92. The number of benzene rings is 1. The van der Waals surface area contributed by atoms with Crippen LogP contribution >= 0.6 is 0 Å². The lowest BCUT2D eigenvalue weighted by atomic mass is 10.0. The lowest BCUT2D eigenvalue weighted by Crippen LogP contribution is -2.54. The number of carbonyl (C=O) groups excluding carboxylic acids is 3. The van der Waals surface area contributed by atoms with Crippen molar-refractivity contribution >= 4 is 17.7 Å². The predicted octanol–water partition coefficient (Wildman–Crippen LogP) is 0.671. The number of nitrogens with one attached hydrogen (secondary N) is 1. The van der Waals surface area contributed by atoms with Gasteiger partial charge >= 0.3 is 0 Å². The van der Waals surface area contributed by atoms with Crippen molar-refractivity contribution in [1.29, 1.82) is 0 Å². The lowest BCUT2D eigenvalue weighted by molar-refractivity contribution is -0.121. The van der Waals surface area contributed by atoms with E-state index in [0.29, 0.717) is 23.6 Å². The van der Waals surface area contributed by atoms with Gasteiger partial charge in [0.05, 0.1) is 11.1 Å². The molecule has 1 aromatic rings. The van der Waals surface area contributed by atoms with Crippen LogP contribution in [0.1, 0.15) is 34.6 Å². The average molecular weight is 372 g/mol. The van der Waals surface area contributed by atoms with Crippen molar-refractivity contribution in [2.75, 3.05) is 46.3 Å². The molecule has 1 aromatic carbocycles. The molecular weight excluding hydrogens is 344 g/mol. The van der Waals surface area contributed by atoms with Gasteiger partial charge in [0.25, 0.3) is 11.8 Å². The summed E-state index contributed by atoms with van der Waals surface area (Å²) in [4.78, 5) is 42.9. The fourth-order valence-corrected chi connectivity index (χ4v) is 3.74. The Morgan fingerprint density at radius 3 is 2.11 bits per heavy atom. The second kappa shape index (κ2) is 8.19. The summed E-state index contributed by atoms with van der Waals surface area (Å²) in [7, 11) is 2.12. The first-order valence-electron chi connectivity index (χ1n) is 9.53. The van der Waals surface area contributed by atoms with Crippen LogP contribution in [0.25, 0.3) is 0 Å². The first-order valence-corrected chi connectivity index (χ1v) is 9.53. The van der Waals surface area contributed by atoms with Crippen molar-refractivity contribution in [2.24, 2.45) is 5.92 Å². The summed E-state index contributed by atoms with van der Waals surface area (Å²) in [5.74, 6) is -0.701. The van der Waals surface area contributed by atoms with Crippen LogP contribution in [0.4, 0.5) is 0 Å². The number of likely N-dealkylation sites (N-methyl/N-ethyl adjacent to an activating group) is 1. The van der Waals surface area contributed by atoms with Gasteiger partial charge in [0.2, 0.25) is 5.91 Å². The first kappa shape index (κ1) is 19.5. The van der Waals surface area contributed by atoms with E-state index in [1.54, 1.807) is 24.3 Å². The number of hydrogen-bond acceptors (Lipinski definition) is 5. The molecule has 1 atom stereocenters. The Labute approximate surface area is 160 Å². The Balaban J connectivity index is 1.56. The highest BCUT2D eigenvalue weighted by Crippen LogP contribution is 2.22. The number of nitrogens with zero attached hydrogens (tertiary/aromatic N) is 3. The number of carbonyl (C=O) groups is 3. The molecule has 0 aliphatic carbocycles. The van der Waals surface area contributed by atoms with Crippen molar-refractivity contribution in [3.63, 3.8) is 0 Å². The number of hydrogen-bond donors (Lipinski definition) is 1. The van der Waals surface area contributed by atoms with Gasteiger partial charge in [-0.25, -0.2) is 0 Å². The summed E-state index contributed by atoms with van der Waals surface area (Å²) < 4.78 is 0. The van der Waals surface area contributed by atoms with Gasteiger partial charge in [0, 0.05) is 38.8 Å². The van der Waals surface area contributed by atoms with Crippen molar-refractivity contribution in [1.82, 2.24) is 20.0 Å². The predicted molar refractivity (Wildman–Crippen MR) is 103 cm³/mol. The molecule has 1 fully saturated rings. The van der Waals surface area contributed by atoms with Crippen molar-refractivity contribution in [3.05, 3.63) is 35.4 Å². The van der Waals surface area contributed by atoms with Crippen molar-refractivity contribution in [3.8, 4) is 0 Å². The zero-order valence-electron chi connectivity index (χ0n) is 16.3.